The smallest absolute Gasteiger partial charge is 0.409 e. The number of hydrogen-bond donors (Lipinski definition) is 0. The van der Waals surface area contributed by atoms with E-state index in [4.69, 9.17) is 14.2 Å². The second kappa shape index (κ2) is 13.8. The largest absolute Gasteiger partial charge is 0.463 e. The lowest BCUT2D eigenvalue weighted by molar-refractivity contribution is -0.145. The summed E-state index contributed by atoms with van der Waals surface area (Å²) >= 11 is 0. The third-order valence-corrected chi connectivity index (χ3v) is 6.19. The molecule has 2 aromatic carbocycles. The van der Waals surface area contributed by atoms with Crippen molar-refractivity contribution in [2.75, 3.05) is 40.0 Å². The van der Waals surface area contributed by atoms with Gasteiger partial charge < -0.3 is 19.1 Å². The topological polar surface area (TPSA) is 65.1 Å². The number of benzene rings is 2. The molecule has 0 N–H and O–H groups in total. The minimum Gasteiger partial charge on any atom is -0.463 e. The average molecular weight is 468 g/mol. The molecule has 6 heteroatoms. The van der Waals surface area contributed by atoms with Crippen molar-refractivity contribution in [3.05, 3.63) is 59.7 Å². The molecule has 0 unspecified atom stereocenters. The Morgan fingerprint density at radius 3 is 2.15 bits per heavy atom. The molecule has 0 aliphatic heterocycles. The molecule has 0 spiro atoms. The molecule has 0 bridgehead atoms. The van der Waals surface area contributed by atoms with Crippen LogP contribution < -0.4 is 0 Å². The van der Waals surface area contributed by atoms with Gasteiger partial charge in [-0.2, -0.15) is 0 Å². The minimum atomic E-state index is -0.375. The normalized spacial score (nSPS) is 12.2. The molecule has 0 saturated heterocycles. The van der Waals surface area contributed by atoms with Gasteiger partial charge in [-0.3, -0.25) is 4.79 Å². The number of likely N-dealkylation sites (N-methyl/N-ethyl adjacent to an activating group) is 1. The maximum atomic E-state index is 12.5. The Morgan fingerprint density at radius 1 is 0.824 bits per heavy atom. The van der Waals surface area contributed by atoms with Crippen LogP contribution in [0.3, 0.4) is 0 Å². The fraction of sp³-hybridized carbons (Fsp3) is 0.500. The Morgan fingerprint density at radius 2 is 1.47 bits per heavy atom. The molecule has 0 atom stereocenters. The van der Waals surface area contributed by atoms with Crippen LogP contribution in [0.5, 0.6) is 0 Å². The van der Waals surface area contributed by atoms with Crippen LogP contribution in [-0.2, 0) is 19.0 Å². The predicted octanol–water partition coefficient (Wildman–Crippen LogP) is 5.79. The SMILES string of the molecule is CCCCCCCC(=O)OCCOCCN(C)C(=O)OCC1c2ccccc2-c2ccccc21. The maximum absolute atomic E-state index is 12.5. The fourth-order valence-electron chi connectivity index (χ4n) is 4.26. The Balaban J connectivity index is 1.30. The summed E-state index contributed by atoms with van der Waals surface area (Å²) < 4.78 is 16.3. The zero-order valence-electron chi connectivity index (χ0n) is 20.5. The van der Waals surface area contributed by atoms with Gasteiger partial charge in [0.25, 0.3) is 0 Å². The minimum absolute atomic E-state index is 0.0438. The number of esters is 1. The van der Waals surface area contributed by atoms with Crippen molar-refractivity contribution in [2.24, 2.45) is 0 Å². The first-order valence-corrected chi connectivity index (χ1v) is 12.4. The molecule has 0 aromatic heterocycles. The van der Waals surface area contributed by atoms with Crippen molar-refractivity contribution in [1.29, 1.82) is 0 Å². The second-order valence-corrected chi connectivity index (χ2v) is 8.72. The lowest BCUT2D eigenvalue weighted by Gasteiger charge is -2.19. The Kier molecular flexibility index (Phi) is 10.4. The van der Waals surface area contributed by atoms with Crippen LogP contribution >= 0.6 is 0 Å². The summed E-state index contributed by atoms with van der Waals surface area (Å²) in [7, 11) is 1.70. The van der Waals surface area contributed by atoms with E-state index >= 15 is 0 Å². The number of fused-ring (bicyclic) bond motifs is 3. The first-order chi connectivity index (χ1) is 16.6. The Hall–Kier alpha value is -2.86. The van der Waals surface area contributed by atoms with E-state index in [0.717, 1.165) is 12.8 Å². The predicted molar refractivity (Wildman–Crippen MR) is 133 cm³/mol. The van der Waals surface area contributed by atoms with Crippen molar-refractivity contribution in [3.8, 4) is 11.1 Å². The highest BCUT2D eigenvalue weighted by Crippen LogP contribution is 2.44. The Labute approximate surface area is 203 Å². The molecule has 1 aliphatic carbocycles. The maximum Gasteiger partial charge on any atom is 0.409 e. The first-order valence-electron chi connectivity index (χ1n) is 12.4. The molecule has 34 heavy (non-hydrogen) atoms. The average Bonchev–Trinajstić information content (AvgIpc) is 3.18. The van der Waals surface area contributed by atoms with E-state index in [9.17, 15) is 9.59 Å². The van der Waals surface area contributed by atoms with Gasteiger partial charge in [-0.1, -0.05) is 81.1 Å². The van der Waals surface area contributed by atoms with Gasteiger partial charge in [-0.15, -0.1) is 0 Å². The highest BCUT2D eigenvalue weighted by atomic mass is 16.6. The van der Waals surface area contributed by atoms with Gasteiger partial charge in [0.2, 0.25) is 0 Å². The highest BCUT2D eigenvalue weighted by molar-refractivity contribution is 5.79. The molecular weight excluding hydrogens is 430 g/mol. The summed E-state index contributed by atoms with van der Waals surface area (Å²) in [5.41, 5.74) is 4.80. The highest BCUT2D eigenvalue weighted by Gasteiger charge is 2.29. The standard InChI is InChI=1S/C28H37NO5/c1-3-4-5-6-7-16-27(30)33-20-19-32-18-17-29(2)28(31)34-21-26-24-14-10-8-12-22(24)23-13-9-11-15-25(23)26/h8-15,26H,3-7,16-21H2,1-2H3. The quantitative estimate of drug-likeness (QED) is 0.260. The molecular formula is C28H37NO5. The summed E-state index contributed by atoms with van der Waals surface area (Å²) in [6.07, 6.45) is 5.62. The number of ether oxygens (including phenoxy) is 3. The summed E-state index contributed by atoms with van der Waals surface area (Å²) in [6.45, 7) is 3.79. The molecule has 184 valence electrons. The number of hydrogen-bond acceptors (Lipinski definition) is 5. The van der Waals surface area contributed by atoms with E-state index in [1.807, 2.05) is 24.3 Å². The van der Waals surface area contributed by atoms with Crippen molar-refractivity contribution < 1.29 is 23.8 Å². The molecule has 1 aliphatic rings. The molecule has 3 rings (SSSR count). The molecule has 0 fully saturated rings. The van der Waals surface area contributed by atoms with Gasteiger partial charge in [-0.25, -0.2) is 4.79 Å². The van der Waals surface area contributed by atoms with Crippen LogP contribution in [0, 0.1) is 0 Å². The monoisotopic (exact) mass is 467 g/mol. The van der Waals surface area contributed by atoms with E-state index in [0.29, 0.717) is 32.8 Å². The number of unbranched alkanes of at least 4 members (excludes halogenated alkanes) is 4. The zero-order valence-corrected chi connectivity index (χ0v) is 20.5. The van der Waals surface area contributed by atoms with Crippen LogP contribution in [0.2, 0.25) is 0 Å². The fourth-order valence-corrected chi connectivity index (χ4v) is 4.26. The van der Waals surface area contributed by atoms with Crippen LogP contribution in [0.25, 0.3) is 11.1 Å². The van der Waals surface area contributed by atoms with E-state index in [-0.39, 0.29) is 24.6 Å². The van der Waals surface area contributed by atoms with Crippen LogP contribution in [0.15, 0.2) is 48.5 Å². The number of carbonyl (C=O) groups excluding carboxylic acids is 2. The first kappa shape index (κ1) is 25.8. The van der Waals surface area contributed by atoms with Crippen molar-refractivity contribution in [1.82, 2.24) is 4.90 Å². The Bertz CT molecular complexity index is 883. The van der Waals surface area contributed by atoms with E-state index < -0.39 is 0 Å². The number of rotatable bonds is 14. The van der Waals surface area contributed by atoms with Crippen LogP contribution in [0.4, 0.5) is 4.79 Å². The summed E-state index contributed by atoms with van der Waals surface area (Å²) in [5.74, 6) is -0.127. The second-order valence-electron chi connectivity index (χ2n) is 8.72. The van der Waals surface area contributed by atoms with Gasteiger partial charge >= 0.3 is 12.1 Å². The molecule has 1 amide bonds. The van der Waals surface area contributed by atoms with Gasteiger partial charge in [0.15, 0.2) is 0 Å². The molecule has 0 saturated carbocycles. The molecule has 0 radical (unpaired) electrons. The van der Waals surface area contributed by atoms with Gasteiger partial charge in [0.1, 0.15) is 13.2 Å². The van der Waals surface area contributed by atoms with Crippen LogP contribution in [0.1, 0.15) is 62.5 Å². The van der Waals surface area contributed by atoms with Gasteiger partial charge in [-0.05, 0) is 28.7 Å². The number of carbonyl (C=O) groups is 2. The number of nitrogens with zero attached hydrogens (tertiary/aromatic N) is 1. The van der Waals surface area contributed by atoms with Crippen LogP contribution in [-0.4, -0.2) is 57.0 Å². The van der Waals surface area contributed by atoms with E-state index in [1.165, 1.54) is 46.4 Å². The summed E-state index contributed by atoms with van der Waals surface area (Å²) in [5, 5.41) is 0. The third kappa shape index (κ3) is 7.32. The van der Waals surface area contributed by atoms with Gasteiger partial charge in [0, 0.05) is 25.9 Å². The third-order valence-electron chi connectivity index (χ3n) is 6.19. The van der Waals surface area contributed by atoms with Crippen molar-refractivity contribution in [3.63, 3.8) is 0 Å². The van der Waals surface area contributed by atoms with E-state index in [2.05, 4.69) is 31.2 Å². The number of amides is 1. The summed E-state index contributed by atoms with van der Waals surface area (Å²) in [4.78, 5) is 25.7. The van der Waals surface area contributed by atoms with E-state index in [1.54, 1.807) is 7.05 Å². The molecule has 0 heterocycles. The zero-order chi connectivity index (χ0) is 24.2. The lowest BCUT2D eigenvalue weighted by Crippen LogP contribution is -2.32. The van der Waals surface area contributed by atoms with Gasteiger partial charge in [0.05, 0.1) is 13.2 Å². The summed E-state index contributed by atoms with van der Waals surface area (Å²) in [6, 6.07) is 16.5. The molecule has 6 nitrogen and oxygen atoms in total. The lowest BCUT2D eigenvalue weighted by atomic mass is 9.98. The molecule has 2 aromatic rings. The van der Waals surface area contributed by atoms with Crippen molar-refractivity contribution in [2.45, 2.75) is 51.4 Å². The van der Waals surface area contributed by atoms with Crippen molar-refractivity contribution >= 4 is 12.1 Å².